The van der Waals surface area contributed by atoms with Gasteiger partial charge in [-0.25, -0.2) is 4.98 Å². The van der Waals surface area contributed by atoms with Crippen LogP contribution in [0.1, 0.15) is 35.6 Å². The minimum atomic E-state index is -4.37. The molecule has 0 aliphatic rings. The summed E-state index contributed by atoms with van der Waals surface area (Å²) < 4.78 is 40.3. The number of amides is 1. The highest BCUT2D eigenvalue weighted by atomic mass is 19.4. The Morgan fingerprint density at radius 1 is 0.944 bits per heavy atom. The Bertz CT molecular complexity index is 1290. The third-order valence-electron chi connectivity index (χ3n) is 5.88. The standard InChI is InChI=1S/C27H26F3N5O/c1-18(19-8-11-23(12-9-19)27(28,29)30)14-32-25(20-6-4-3-5-7-20)26(36)34-24-13-10-21(15-31-24)22-16-33-35(2)17-22/h3-13,15-18,25,32H,14H2,1-2H3,(H,31,34,36)/t18?,25-/m0/s1. The van der Waals surface area contributed by atoms with Crippen molar-refractivity contribution in [2.75, 3.05) is 11.9 Å². The minimum Gasteiger partial charge on any atom is -0.309 e. The summed E-state index contributed by atoms with van der Waals surface area (Å²) in [6.07, 6.45) is 0.913. The zero-order valence-electron chi connectivity index (χ0n) is 19.8. The molecule has 4 rings (SSSR count). The van der Waals surface area contributed by atoms with Gasteiger partial charge in [-0.15, -0.1) is 0 Å². The number of anilines is 1. The molecule has 0 fully saturated rings. The van der Waals surface area contributed by atoms with Crippen molar-refractivity contribution in [3.63, 3.8) is 0 Å². The monoisotopic (exact) mass is 493 g/mol. The molecule has 36 heavy (non-hydrogen) atoms. The number of nitrogens with one attached hydrogen (secondary N) is 2. The molecule has 0 saturated heterocycles. The molecule has 0 aliphatic carbocycles. The van der Waals surface area contributed by atoms with Crippen molar-refractivity contribution >= 4 is 11.7 Å². The number of halogens is 3. The van der Waals surface area contributed by atoms with E-state index in [1.54, 1.807) is 23.1 Å². The van der Waals surface area contributed by atoms with Gasteiger partial charge in [0.15, 0.2) is 0 Å². The number of carbonyl (C=O) groups excluding carboxylic acids is 1. The van der Waals surface area contributed by atoms with Gasteiger partial charge in [0.2, 0.25) is 5.91 Å². The number of pyridine rings is 1. The van der Waals surface area contributed by atoms with Crippen LogP contribution in [-0.4, -0.2) is 27.2 Å². The number of carbonyl (C=O) groups is 1. The summed E-state index contributed by atoms with van der Waals surface area (Å²) in [5.41, 5.74) is 2.63. The van der Waals surface area contributed by atoms with Gasteiger partial charge >= 0.3 is 6.18 Å². The second kappa shape index (κ2) is 10.7. The summed E-state index contributed by atoms with van der Waals surface area (Å²) in [4.78, 5) is 17.6. The van der Waals surface area contributed by atoms with Crippen LogP contribution in [0.5, 0.6) is 0 Å². The molecular formula is C27H26F3N5O. The number of aromatic nitrogens is 3. The normalized spacial score (nSPS) is 13.2. The highest BCUT2D eigenvalue weighted by Gasteiger charge is 2.30. The Morgan fingerprint density at radius 3 is 2.25 bits per heavy atom. The van der Waals surface area contributed by atoms with Crippen LogP contribution in [-0.2, 0) is 18.0 Å². The van der Waals surface area contributed by atoms with Crippen LogP contribution in [0.4, 0.5) is 19.0 Å². The molecule has 9 heteroatoms. The Hall–Kier alpha value is -3.98. The maximum absolute atomic E-state index is 13.2. The molecule has 4 aromatic rings. The molecule has 1 unspecified atom stereocenters. The molecule has 0 bridgehead atoms. The van der Waals surface area contributed by atoms with E-state index in [0.717, 1.165) is 34.4 Å². The van der Waals surface area contributed by atoms with Crippen LogP contribution in [0, 0.1) is 0 Å². The highest BCUT2D eigenvalue weighted by molar-refractivity contribution is 5.95. The van der Waals surface area contributed by atoms with Crippen LogP contribution in [0.15, 0.2) is 85.3 Å². The molecule has 0 saturated carbocycles. The highest BCUT2D eigenvalue weighted by Crippen LogP contribution is 2.30. The number of hydrogen-bond donors (Lipinski definition) is 2. The summed E-state index contributed by atoms with van der Waals surface area (Å²) in [7, 11) is 1.83. The van der Waals surface area contributed by atoms with E-state index in [4.69, 9.17) is 0 Å². The van der Waals surface area contributed by atoms with Crippen LogP contribution < -0.4 is 10.6 Å². The van der Waals surface area contributed by atoms with Gasteiger partial charge in [-0.05, 0) is 41.3 Å². The second-order valence-corrected chi connectivity index (χ2v) is 8.60. The van der Waals surface area contributed by atoms with E-state index in [0.29, 0.717) is 12.4 Å². The first-order valence-electron chi connectivity index (χ1n) is 11.4. The molecule has 6 nitrogen and oxygen atoms in total. The molecule has 0 spiro atoms. The first-order valence-corrected chi connectivity index (χ1v) is 11.4. The van der Waals surface area contributed by atoms with Crippen molar-refractivity contribution in [3.8, 4) is 11.1 Å². The lowest BCUT2D eigenvalue weighted by atomic mass is 9.98. The predicted octanol–water partition coefficient (Wildman–Crippen LogP) is 5.57. The first-order chi connectivity index (χ1) is 17.2. The van der Waals surface area contributed by atoms with Crippen LogP contribution in [0.2, 0.25) is 0 Å². The molecule has 1 amide bonds. The SMILES string of the molecule is CC(CN[C@H](C(=O)Nc1ccc(-c2cnn(C)c2)cn1)c1ccccc1)c1ccc(C(F)(F)F)cc1. The molecule has 0 radical (unpaired) electrons. The third kappa shape index (κ3) is 6.17. The largest absolute Gasteiger partial charge is 0.416 e. The Labute approximate surface area is 207 Å². The number of nitrogens with zero attached hydrogens (tertiary/aromatic N) is 3. The molecule has 2 N–H and O–H groups in total. The van der Waals surface area contributed by atoms with E-state index in [1.807, 2.05) is 56.6 Å². The molecule has 186 valence electrons. The van der Waals surface area contributed by atoms with Gasteiger partial charge in [-0.2, -0.15) is 18.3 Å². The lowest BCUT2D eigenvalue weighted by Gasteiger charge is -2.21. The van der Waals surface area contributed by atoms with Crippen molar-refractivity contribution in [2.45, 2.75) is 25.1 Å². The maximum Gasteiger partial charge on any atom is 0.416 e. The Kier molecular flexibility index (Phi) is 7.49. The lowest BCUT2D eigenvalue weighted by Crippen LogP contribution is -2.35. The predicted molar refractivity (Wildman–Crippen MR) is 132 cm³/mol. The van der Waals surface area contributed by atoms with Gasteiger partial charge in [0.05, 0.1) is 11.8 Å². The van der Waals surface area contributed by atoms with Crippen LogP contribution in [0.3, 0.4) is 0 Å². The zero-order chi connectivity index (χ0) is 25.7. The van der Waals surface area contributed by atoms with E-state index in [1.165, 1.54) is 12.1 Å². The topological polar surface area (TPSA) is 71.8 Å². The minimum absolute atomic E-state index is 0.122. The van der Waals surface area contributed by atoms with Gasteiger partial charge in [0, 0.05) is 37.1 Å². The number of alkyl halides is 3. The van der Waals surface area contributed by atoms with Crippen LogP contribution in [0.25, 0.3) is 11.1 Å². The fraction of sp³-hybridized carbons (Fsp3) is 0.222. The van der Waals surface area contributed by atoms with Crippen LogP contribution >= 0.6 is 0 Å². The van der Waals surface area contributed by atoms with E-state index in [9.17, 15) is 18.0 Å². The van der Waals surface area contributed by atoms with Crippen molar-refractivity contribution in [1.82, 2.24) is 20.1 Å². The zero-order valence-corrected chi connectivity index (χ0v) is 19.8. The fourth-order valence-electron chi connectivity index (χ4n) is 3.83. The number of aryl methyl sites for hydroxylation is 1. The molecule has 2 aromatic heterocycles. The van der Waals surface area contributed by atoms with Gasteiger partial charge in [-0.1, -0.05) is 49.4 Å². The Balaban J connectivity index is 1.45. The smallest absolute Gasteiger partial charge is 0.309 e. The summed E-state index contributed by atoms with van der Waals surface area (Å²) in [5.74, 6) is -0.00297. The average molecular weight is 494 g/mol. The quantitative estimate of drug-likeness (QED) is 0.337. The number of rotatable bonds is 8. The average Bonchev–Trinajstić information content (AvgIpc) is 3.31. The van der Waals surface area contributed by atoms with Gasteiger partial charge in [0.25, 0.3) is 0 Å². The third-order valence-corrected chi connectivity index (χ3v) is 5.88. The lowest BCUT2D eigenvalue weighted by molar-refractivity contribution is -0.137. The van der Waals surface area contributed by atoms with Crippen molar-refractivity contribution in [1.29, 1.82) is 0 Å². The van der Waals surface area contributed by atoms with E-state index < -0.39 is 17.8 Å². The fourth-order valence-corrected chi connectivity index (χ4v) is 3.83. The van der Waals surface area contributed by atoms with Crippen molar-refractivity contribution in [3.05, 3.63) is 102 Å². The van der Waals surface area contributed by atoms with E-state index in [2.05, 4.69) is 20.7 Å². The molecule has 2 aromatic carbocycles. The molecular weight excluding hydrogens is 467 g/mol. The molecule has 0 aliphatic heterocycles. The van der Waals surface area contributed by atoms with E-state index >= 15 is 0 Å². The van der Waals surface area contributed by atoms with Crippen molar-refractivity contribution < 1.29 is 18.0 Å². The number of hydrogen-bond acceptors (Lipinski definition) is 4. The van der Waals surface area contributed by atoms with Crippen molar-refractivity contribution in [2.24, 2.45) is 7.05 Å². The van der Waals surface area contributed by atoms with Gasteiger partial charge < -0.3 is 10.6 Å². The second-order valence-electron chi connectivity index (χ2n) is 8.60. The van der Waals surface area contributed by atoms with E-state index in [-0.39, 0.29) is 11.8 Å². The van der Waals surface area contributed by atoms with Gasteiger partial charge in [0.1, 0.15) is 11.9 Å². The molecule has 2 heterocycles. The van der Waals surface area contributed by atoms with Gasteiger partial charge in [-0.3, -0.25) is 9.48 Å². The number of benzene rings is 2. The Morgan fingerprint density at radius 2 is 1.67 bits per heavy atom. The first kappa shape index (κ1) is 25.1. The summed E-state index contributed by atoms with van der Waals surface area (Å²) >= 11 is 0. The summed E-state index contributed by atoms with van der Waals surface area (Å²) in [6, 6.07) is 17.3. The maximum atomic E-state index is 13.2. The summed E-state index contributed by atoms with van der Waals surface area (Å²) in [5, 5.41) is 10.3. The summed E-state index contributed by atoms with van der Waals surface area (Å²) in [6.45, 7) is 2.28. The molecule has 2 atom stereocenters.